The Bertz CT molecular complexity index is 686. The lowest BCUT2D eigenvalue weighted by Crippen LogP contribution is -2.31. The van der Waals surface area contributed by atoms with E-state index < -0.39 is 0 Å². The maximum atomic E-state index is 12.1. The molecule has 1 fully saturated rings. The van der Waals surface area contributed by atoms with Gasteiger partial charge >= 0.3 is 0 Å². The molecule has 1 atom stereocenters. The number of thioether (sulfide) groups is 1. The van der Waals surface area contributed by atoms with E-state index >= 15 is 0 Å². The first-order valence-electron chi connectivity index (χ1n) is 7.45. The molecule has 0 bridgehead atoms. The zero-order valence-corrected chi connectivity index (χ0v) is 14.1. The van der Waals surface area contributed by atoms with E-state index in [1.165, 1.54) is 0 Å². The number of ether oxygens (including phenoxy) is 2. The number of aromatic nitrogens is 1. The van der Waals surface area contributed by atoms with Crippen molar-refractivity contribution in [1.82, 2.24) is 9.47 Å². The number of methoxy groups -OCH3 is 2. The Kier molecular flexibility index (Phi) is 4.93. The predicted octanol–water partition coefficient (Wildman–Crippen LogP) is 2.71. The van der Waals surface area contributed by atoms with Crippen LogP contribution in [0.25, 0.3) is 5.69 Å². The third-order valence-corrected chi connectivity index (χ3v) is 5.11. The predicted molar refractivity (Wildman–Crippen MR) is 91.1 cm³/mol. The molecule has 0 saturated carbocycles. The zero-order valence-electron chi connectivity index (χ0n) is 13.3. The lowest BCUT2D eigenvalue weighted by atomic mass is 10.3. The molecule has 1 unspecified atom stereocenters. The van der Waals surface area contributed by atoms with Crippen LogP contribution in [0.5, 0.6) is 5.75 Å². The summed E-state index contributed by atoms with van der Waals surface area (Å²) in [5.74, 6) is 1.52. The van der Waals surface area contributed by atoms with Gasteiger partial charge in [0.15, 0.2) is 0 Å². The Hall–Kier alpha value is -1.92. The van der Waals surface area contributed by atoms with Crippen molar-refractivity contribution in [3.8, 4) is 11.4 Å². The van der Waals surface area contributed by atoms with Gasteiger partial charge in [-0.25, -0.2) is 0 Å². The second kappa shape index (κ2) is 7.10. The molecule has 0 radical (unpaired) electrons. The molecule has 2 aromatic rings. The normalized spacial score (nSPS) is 17.7. The van der Waals surface area contributed by atoms with Crippen LogP contribution < -0.4 is 4.74 Å². The Morgan fingerprint density at radius 3 is 2.96 bits per heavy atom. The standard InChI is InChI=1S/C17H20N2O3S/c1-21-9-8-19-16(20)12-23-17(19)13-6-7-18(11-13)14-4-3-5-15(10-14)22-2/h3-7,10-11,17H,8-9,12H2,1-2H3. The average molecular weight is 332 g/mol. The summed E-state index contributed by atoms with van der Waals surface area (Å²) in [6, 6.07) is 9.97. The Morgan fingerprint density at radius 2 is 2.17 bits per heavy atom. The molecule has 5 nitrogen and oxygen atoms in total. The van der Waals surface area contributed by atoms with Gasteiger partial charge in [0.1, 0.15) is 11.1 Å². The van der Waals surface area contributed by atoms with Gasteiger partial charge in [-0.2, -0.15) is 0 Å². The molecule has 2 heterocycles. The van der Waals surface area contributed by atoms with Crippen LogP contribution in [0.1, 0.15) is 10.9 Å². The molecule has 23 heavy (non-hydrogen) atoms. The average Bonchev–Trinajstić information content (AvgIpc) is 3.20. The van der Waals surface area contributed by atoms with Gasteiger partial charge in [0.25, 0.3) is 0 Å². The van der Waals surface area contributed by atoms with Gasteiger partial charge in [0, 0.05) is 43.4 Å². The fraction of sp³-hybridized carbons (Fsp3) is 0.353. The van der Waals surface area contributed by atoms with Crippen molar-refractivity contribution in [1.29, 1.82) is 0 Å². The van der Waals surface area contributed by atoms with Gasteiger partial charge in [0.2, 0.25) is 5.91 Å². The maximum absolute atomic E-state index is 12.1. The first-order valence-corrected chi connectivity index (χ1v) is 8.50. The summed E-state index contributed by atoms with van der Waals surface area (Å²) in [5.41, 5.74) is 2.16. The van der Waals surface area contributed by atoms with E-state index in [0.29, 0.717) is 18.9 Å². The molecule has 0 aliphatic carbocycles. The molecule has 1 aliphatic rings. The van der Waals surface area contributed by atoms with Crippen LogP contribution in [0.3, 0.4) is 0 Å². The minimum Gasteiger partial charge on any atom is -0.497 e. The van der Waals surface area contributed by atoms with Crippen molar-refractivity contribution in [3.63, 3.8) is 0 Å². The molecular weight excluding hydrogens is 312 g/mol. The van der Waals surface area contributed by atoms with E-state index in [-0.39, 0.29) is 11.3 Å². The number of benzene rings is 1. The molecule has 1 aromatic heterocycles. The second-order valence-electron chi connectivity index (χ2n) is 5.30. The summed E-state index contributed by atoms with van der Waals surface area (Å²) in [6.07, 6.45) is 4.09. The molecule has 1 saturated heterocycles. The van der Waals surface area contributed by atoms with E-state index in [2.05, 4.69) is 16.8 Å². The van der Waals surface area contributed by atoms with Crippen LogP contribution in [0.2, 0.25) is 0 Å². The highest BCUT2D eigenvalue weighted by atomic mass is 32.2. The van der Waals surface area contributed by atoms with Crippen molar-refractivity contribution in [2.45, 2.75) is 5.37 Å². The minimum atomic E-state index is 0.0597. The number of nitrogens with zero attached hydrogens (tertiary/aromatic N) is 2. The summed E-state index contributed by atoms with van der Waals surface area (Å²) >= 11 is 1.66. The van der Waals surface area contributed by atoms with Gasteiger partial charge < -0.3 is 18.9 Å². The number of amides is 1. The first kappa shape index (κ1) is 16.0. The van der Waals surface area contributed by atoms with Crippen LogP contribution in [0.4, 0.5) is 0 Å². The van der Waals surface area contributed by atoms with E-state index in [9.17, 15) is 4.79 Å². The number of carbonyl (C=O) groups excluding carboxylic acids is 1. The molecule has 122 valence electrons. The fourth-order valence-corrected chi connectivity index (χ4v) is 3.85. The minimum absolute atomic E-state index is 0.0597. The quantitative estimate of drug-likeness (QED) is 0.816. The van der Waals surface area contributed by atoms with Crippen LogP contribution in [0.15, 0.2) is 42.7 Å². The summed E-state index contributed by atoms with van der Waals surface area (Å²) in [5, 5.41) is 0.0597. The van der Waals surface area contributed by atoms with Crippen LogP contribution in [-0.4, -0.2) is 48.5 Å². The highest BCUT2D eigenvalue weighted by Gasteiger charge is 2.32. The van der Waals surface area contributed by atoms with E-state index in [1.807, 2.05) is 35.4 Å². The highest BCUT2D eigenvalue weighted by molar-refractivity contribution is 8.00. The number of carbonyl (C=O) groups is 1. The Morgan fingerprint density at radius 1 is 1.30 bits per heavy atom. The van der Waals surface area contributed by atoms with E-state index in [0.717, 1.165) is 17.0 Å². The van der Waals surface area contributed by atoms with Crippen LogP contribution in [0, 0.1) is 0 Å². The highest BCUT2D eigenvalue weighted by Crippen LogP contribution is 2.38. The molecule has 1 amide bonds. The summed E-state index contributed by atoms with van der Waals surface area (Å²) in [6.45, 7) is 1.18. The van der Waals surface area contributed by atoms with E-state index in [1.54, 1.807) is 26.0 Å². The molecule has 3 rings (SSSR count). The van der Waals surface area contributed by atoms with Gasteiger partial charge in [-0.15, -0.1) is 11.8 Å². The molecular formula is C17H20N2O3S. The lowest BCUT2D eigenvalue weighted by Gasteiger charge is -2.22. The lowest BCUT2D eigenvalue weighted by molar-refractivity contribution is -0.128. The van der Waals surface area contributed by atoms with Crippen molar-refractivity contribution in [3.05, 3.63) is 48.3 Å². The third kappa shape index (κ3) is 3.38. The molecule has 0 spiro atoms. The zero-order chi connectivity index (χ0) is 16.2. The Labute approximate surface area is 140 Å². The molecule has 6 heteroatoms. The summed E-state index contributed by atoms with van der Waals surface area (Å²) in [7, 11) is 3.32. The SMILES string of the molecule is COCCN1C(=O)CSC1c1ccn(-c2cccc(OC)c2)c1. The third-order valence-electron chi connectivity index (χ3n) is 3.86. The summed E-state index contributed by atoms with van der Waals surface area (Å²) in [4.78, 5) is 13.9. The molecule has 0 N–H and O–H groups in total. The monoisotopic (exact) mass is 332 g/mol. The van der Waals surface area contributed by atoms with E-state index in [4.69, 9.17) is 9.47 Å². The topological polar surface area (TPSA) is 43.7 Å². The number of hydrogen-bond donors (Lipinski definition) is 0. The Balaban J connectivity index is 1.82. The maximum Gasteiger partial charge on any atom is 0.233 e. The van der Waals surface area contributed by atoms with Crippen molar-refractivity contribution in [2.75, 3.05) is 33.1 Å². The largest absolute Gasteiger partial charge is 0.497 e. The van der Waals surface area contributed by atoms with Gasteiger partial charge in [-0.1, -0.05) is 6.07 Å². The first-order chi connectivity index (χ1) is 11.2. The van der Waals surface area contributed by atoms with Crippen molar-refractivity contribution in [2.24, 2.45) is 0 Å². The summed E-state index contributed by atoms with van der Waals surface area (Å²) < 4.78 is 12.4. The van der Waals surface area contributed by atoms with Gasteiger partial charge in [-0.05, 0) is 18.2 Å². The number of hydrogen-bond acceptors (Lipinski definition) is 4. The van der Waals surface area contributed by atoms with Crippen LogP contribution >= 0.6 is 11.8 Å². The van der Waals surface area contributed by atoms with Gasteiger partial charge in [-0.3, -0.25) is 4.79 Å². The smallest absolute Gasteiger partial charge is 0.233 e. The van der Waals surface area contributed by atoms with Crippen molar-refractivity contribution < 1.29 is 14.3 Å². The van der Waals surface area contributed by atoms with Crippen LogP contribution in [-0.2, 0) is 9.53 Å². The van der Waals surface area contributed by atoms with Crippen molar-refractivity contribution >= 4 is 17.7 Å². The number of rotatable bonds is 6. The molecule has 1 aliphatic heterocycles. The molecule has 1 aromatic carbocycles. The van der Waals surface area contributed by atoms with Gasteiger partial charge in [0.05, 0.1) is 19.5 Å². The second-order valence-corrected chi connectivity index (χ2v) is 6.37. The fourth-order valence-electron chi connectivity index (χ4n) is 2.65.